The molecular formula is C29H35N7O3. The van der Waals surface area contributed by atoms with Crippen molar-refractivity contribution < 1.29 is 14.3 Å². The highest BCUT2D eigenvalue weighted by Crippen LogP contribution is 2.29. The van der Waals surface area contributed by atoms with E-state index in [0.29, 0.717) is 49.5 Å². The van der Waals surface area contributed by atoms with Crippen LogP contribution in [0.25, 0.3) is 16.7 Å². The average Bonchev–Trinajstić information content (AvgIpc) is 3.22. The molecule has 2 aromatic heterocycles. The number of aromatic nitrogens is 4. The van der Waals surface area contributed by atoms with Gasteiger partial charge in [-0.1, -0.05) is 30.3 Å². The molecule has 4 aromatic rings. The Balaban J connectivity index is 1.40. The number of aryl methyl sites for hydroxylation is 1. The minimum absolute atomic E-state index is 0.0332. The van der Waals surface area contributed by atoms with Crippen LogP contribution in [-0.2, 0) is 11.3 Å². The van der Waals surface area contributed by atoms with Crippen LogP contribution in [0.5, 0.6) is 5.75 Å². The first-order valence-electron chi connectivity index (χ1n) is 13.1. The van der Waals surface area contributed by atoms with Crippen molar-refractivity contribution in [1.82, 2.24) is 24.6 Å². The van der Waals surface area contributed by atoms with Gasteiger partial charge in [-0.05, 0) is 52.3 Å². The minimum atomic E-state index is -0.531. The van der Waals surface area contributed by atoms with Gasteiger partial charge < -0.3 is 25.0 Å². The lowest BCUT2D eigenvalue weighted by Gasteiger charge is -2.40. The number of nitrogens with zero attached hydrogens (tertiary/aromatic N) is 6. The third-order valence-corrected chi connectivity index (χ3v) is 6.53. The second-order valence-electron chi connectivity index (χ2n) is 10.9. The molecule has 204 valence electrons. The summed E-state index contributed by atoms with van der Waals surface area (Å²) in [6.07, 6.45) is -0.294. The molecule has 1 atom stereocenters. The topological polar surface area (TPSA) is 112 Å². The van der Waals surface area contributed by atoms with Gasteiger partial charge in [0, 0.05) is 43.2 Å². The highest BCUT2D eigenvalue weighted by Gasteiger charge is 2.31. The van der Waals surface area contributed by atoms with Crippen LogP contribution in [0.1, 0.15) is 39.1 Å². The minimum Gasteiger partial charge on any atom is -0.489 e. The van der Waals surface area contributed by atoms with Crippen LogP contribution in [0.15, 0.2) is 54.6 Å². The Morgan fingerprint density at radius 3 is 2.51 bits per heavy atom. The van der Waals surface area contributed by atoms with E-state index in [2.05, 4.69) is 21.9 Å². The van der Waals surface area contributed by atoms with Gasteiger partial charge >= 0.3 is 6.09 Å². The Hall–Kier alpha value is -4.34. The fourth-order valence-corrected chi connectivity index (χ4v) is 4.71. The molecule has 2 N–H and O–H groups in total. The molecule has 0 aliphatic carbocycles. The van der Waals surface area contributed by atoms with Crippen molar-refractivity contribution in [3.63, 3.8) is 0 Å². The maximum atomic E-state index is 12.6. The van der Waals surface area contributed by atoms with Crippen LogP contribution in [-0.4, -0.2) is 62.0 Å². The molecule has 10 nitrogen and oxygen atoms in total. The van der Waals surface area contributed by atoms with Gasteiger partial charge in [0.05, 0.1) is 5.52 Å². The first kappa shape index (κ1) is 26.3. The predicted octanol–water partition coefficient (Wildman–Crippen LogP) is 4.73. The highest BCUT2D eigenvalue weighted by atomic mass is 16.6. The summed E-state index contributed by atoms with van der Waals surface area (Å²) in [5, 5.41) is 5.41. The monoisotopic (exact) mass is 529 g/mol. The number of hydrogen-bond acceptors (Lipinski definition) is 8. The summed E-state index contributed by atoms with van der Waals surface area (Å²) in [6.45, 7) is 11.7. The number of nitrogens with two attached hydrogens (primary N) is 1. The van der Waals surface area contributed by atoms with Crippen molar-refractivity contribution >= 4 is 28.6 Å². The van der Waals surface area contributed by atoms with Crippen LogP contribution >= 0.6 is 0 Å². The van der Waals surface area contributed by atoms with Crippen molar-refractivity contribution in [2.24, 2.45) is 0 Å². The van der Waals surface area contributed by atoms with Gasteiger partial charge in [0.1, 0.15) is 29.6 Å². The number of piperazine rings is 1. The molecule has 1 fully saturated rings. The summed E-state index contributed by atoms with van der Waals surface area (Å²) in [6, 6.07) is 17.7. The van der Waals surface area contributed by atoms with E-state index in [0.717, 1.165) is 22.3 Å². The van der Waals surface area contributed by atoms with Gasteiger partial charge in [0.2, 0.25) is 0 Å². The Kier molecular flexibility index (Phi) is 7.03. The first-order valence-corrected chi connectivity index (χ1v) is 13.1. The first-order chi connectivity index (χ1) is 18.6. The fraction of sp³-hybridized carbons (Fsp3) is 0.379. The SMILES string of the molecule is Cc1nc(N2CCN(C(=O)OC(C)(C)C)C[C@@H]2C)cc(-n2nc(N)c3ccc(OCc4ccccc4)cc32)n1. The van der Waals surface area contributed by atoms with E-state index in [-0.39, 0.29) is 12.1 Å². The summed E-state index contributed by atoms with van der Waals surface area (Å²) in [4.78, 5) is 25.9. The van der Waals surface area contributed by atoms with Crippen LogP contribution in [0, 0.1) is 6.92 Å². The quantitative estimate of drug-likeness (QED) is 0.395. The third kappa shape index (κ3) is 5.89. The Labute approximate surface area is 228 Å². The molecule has 1 amide bonds. The third-order valence-electron chi connectivity index (χ3n) is 6.53. The van der Waals surface area contributed by atoms with Crippen LogP contribution in [0.3, 0.4) is 0 Å². The normalized spacial score (nSPS) is 16.0. The second kappa shape index (κ2) is 10.4. The van der Waals surface area contributed by atoms with Gasteiger partial charge in [-0.25, -0.2) is 19.4 Å². The molecular weight excluding hydrogens is 494 g/mol. The Morgan fingerprint density at radius 2 is 1.79 bits per heavy atom. The van der Waals surface area contributed by atoms with E-state index >= 15 is 0 Å². The molecule has 10 heteroatoms. The number of rotatable bonds is 5. The van der Waals surface area contributed by atoms with Crippen molar-refractivity contribution in [1.29, 1.82) is 0 Å². The summed E-state index contributed by atoms with van der Waals surface area (Å²) in [5.74, 6) is 3.12. The largest absolute Gasteiger partial charge is 0.489 e. The zero-order chi connectivity index (χ0) is 27.7. The summed E-state index contributed by atoms with van der Waals surface area (Å²) in [7, 11) is 0. The molecule has 1 saturated heterocycles. The molecule has 2 aromatic carbocycles. The van der Waals surface area contributed by atoms with E-state index < -0.39 is 5.60 Å². The van der Waals surface area contributed by atoms with E-state index in [1.807, 2.05) is 82.3 Å². The average molecular weight is 530 g/mol. The highest BCUT2D eigenvalue weighted by molar-refractivity contribution is 5.91. The van der Waals surface area contributed by atoms with E-state index in [1.54, 1.807) is 9.58 Å². The predicted molar refractivity (Wildman–Crippen MR) is 151 cm³/mol. The van der Waals surface area contributed by atoms with Gasteiger partial charge in [0.15, 0.2) is 11.6 Å². The number of amides is 1. The summed E-state index contributed by atoms with van der Waals surface area (Å²) < 4.78 is 13.4. The van der Waals surface area contributed by atoms with Crippen molar-refractivity contribution in [2.75, 3.05) is 30.3 Å². The molecule has 1 aliphatic heterocycles. The molecule has 5 rings (SSSR count). The summed E-state index contributed by atoms with van der Waals surface area (Å²) >= 11 is 0. The number of hydrogen-bond donors (Lipinski definition) is 1. The molecule has 0 unspecified atom stereocenters. The van der Waals surface area contributed by atoms with Gasteiger partial charge in [-0.3, -0.25) is 0 Å². The number of anilines is 2. The fourth-order valence-electron chi connectivity index (χ4n) is 4.71. The smallest absolute Gasteiger partial charge is 0.410 e. The Morgan fingerprint density at radius 1 is 1.05 bits per heavy atom. The molecule has 0 radical (unpaired) electrons. The second-order valence-corrected chi connectivity index (χ2v) is 10.9. The number of carbonyl (C=O) groups is 1. The number of nitrogen functional groups attached to an aromatic ring is 1. The van der Waals surface area contributed by atoms with Crippen molar-refractivity contribution in [3.05, 3.63) is 66.0 Å². The van der Waals surface area contributed by atoms with Gasteiger partial charge in [-0.2, -0.15) is 0 Å². The van der Waals surface area contributed by atoms with Gasteiger partial charge in [0.25, 0.3) is 0 Å². The lowest BCUT2D eigenvalue weighted by atomic mass is 10.2. The maximum Gasteiger partial charge on any atom is 0.410 e. The van der Waals surface area contributed by atoms with Crippen LogP contribution < -0.4 is 15.4 Å². The van der Waals surface area contributed by atoms with Crippen LogP contribution in [0.4, 0.5) is 16.4 Å². The van der Waals surface area contributed by atoms with Crippen molar-refractivity contribution in [3.8, 4) is 11.6 Å². The number of carbonyl (C=O) groups excluding carboxylic acids is 1. The van der Waals surface area contributed by atoms with E-state index in [9.17, 15) is 4.79 Å². The lowest BCUT2D eigenvalue weighted by molar-refractivity contribution is 0.0218. The lowest BCUT2D eigenvalue weighted by Crippen LogP contribution is -2.54. The van der Waals surface area contributed by atoms with Crippen molar-refractivity contribution in [2.45, 2.75) is 52.9 Å². The number of ether oxygens (including phenoxy) is 2. The summed E-state index contributed by atoms with van der Waals surface area (Å²) in [5.41, 5.74) is 7.63. The zero-order valence-electron chi connectivity index (χ0n) is 23.1. The standard InChI is InChI=1S/C29H35N7O3/c1-19-17-34(28(37)39-29(3,4)5)13-14-35(19)25-16-26(32-20(2)31-25)36-24-15-22(11-12-23(24)27(30)33-36)38-18-21-9-7-6-8-10-21/h6-12,15-16,19H,13-14,17-18H2,1-5H3,(H2,30,33)/t19-/m0/s1. The molecule has 1 aliphatic rings. The molecule has 39 heavy (non-hydrogen) atoms. The zero-order valence-corrected chi connectivity index (χ0v) is 23.1. The molecule has 0 saturated carbocycles. The van der Waals surface area contributed by atoms with E-state index in [4.69, 9.17) is 20.2 Å². The Bertz CT molecular complexity index is 1480. The maximum absolute atomic E-state index is 12.6. The van der Waals surface area contributed by atoms with Gasteiger partial charge in [-0.15, -0.1) is 5.10 Å². The molecule has 0 spiro atoms. The number of fused-ring (bicyclic) bond motifs is 1. The molecule has 0 bridgehead atoms. The van der Waals surface area contributed by atoms with Crippen LogP contribution in [0.2, 0.25) is 0 Å². The van der Waals surface area contributed by atoms with E-state index in [1.165, 1.54) is 0 Å². The number of benzene rings is 2. The molecule has 3 heterocycles.